The van der Waals surface area contributed by atoms with E-state index in [1.54, 1.807) is 38.1 Å². The van der Waals surface area contributed by atoms with Gasteiger partial charge in [0.1, 0.15) is 5.75 Å². The van der Waals surface area contributed by atoms with Crippen LogP contribution in [0.25, 0.3) is 0 Å². The van der Waals surface area contributed by atoms with Gasteiger partial charge >= 0.3 is 0 Å². The number of nitrogens with one attached hydrogen (secondary N) is 2. The molecule has 0 unspecified atom stereocenters. The van der Waals surface area contributed by atoms with Gasteiger partial charge in [-0.05, 0) is 56.7 Å². The first-order valence-corrected chi connectivity index (χ1v) is 8.37. The molecule has 5 heteroatoms. The summed E-state index contributed by atoms with van der Waals surface area (Å²) in [5.41, 5.74) is 0.135. The summed E-state index contributed by atoms with van der Waals surface area (Å²) in [6.45, 7) is 4.88. The Bertz CT molecular complexity index is 642. The average Bonchev–Trinajstić information content (AvgIpc) is 2.57. The molecular weight excluding hydrogens is 324 g/mol. The Hall–Kier alpha value is -2.20. The van der Waals surface area contributed by atoms with Crippen molar-refractivity contribution in [3.8, 4) is 5.75 Å². The van der Waals surface area contributed by atoms with E-state index in [9.17, 15) is 4.79 Å². The SMILES string of the molecule is CC(C)(Oc1ccc(Cl)cc1)C(=O)NCCCNc1ccccc1. The molecule has 0 aliphatic carbocycles. The third-order valence-electron chi connectivity index (χ3n) is 3.48. The van der Waals surface area contributed by atoms with E-state index in [4.69, 9.17) is 16.3 Å². The summed E-state index contributed by atoms with van der Waals surface area (Å²) in [6.07, 6.45) is 0.831. The lowest BCUT2D eigenvalue weighted by Crippen LogP contribution is -2.47. The lowest BCUT2D eigenvalue weighted by molar-refractivity contribution is -0.134. The number of hydrogen-bond donors (Lipinski definition) is 2. The van der Waals surface area contributed by atoms with Gasteiger partial charge in [-0.25, -0.2) is 0 Å². The summed E-state index contributed by atoms with van der Waals surface area (Å²) < 4.78 is 5.76. The maximum atomic E-state index is 12.3. The van der Waals surface area contributed by atoms with Crippen LogP contribution in [0.2, 0.25) is 5.02 Å². The second-order valence-electron chi connectivity index (χ2n) is 5.97. The number of ether oxygens (including phenoxy) is 1. The number of carbonyl (C=O) groups is 1. The van der Waals surface area contributed by atoms with E-state index in [2.05, 4.69) is 10.6 Å². The lowest BCUT2D eigenvalue weighted by Gasteiger charge is -2.25. The smallest absolute Gasteiger partial charge is 0.263 e. The fraction of sp³-hybridized carbons (Fsp3) is 0.316. The minimum absolute atomic E-state index is 0.142. The predicted molar refractivity (Wildman–Crippen MR) is 98.7 cm³/mol. The first-order chi connectivity index (χ1) is 11.5. The van der Waals surface area contributed by atoms with Crippen molar-refractivity contribution in [1.29, 1.82) is 0 Å². The molecule has 1 amide bonds. The Morgan fingerprint density at radius 2 is 1.71 bits per heavy atom. The van der Waals surface area contributed by atoms with Crippen molar-refractivity contribution in [2.45, 2.75) is 25.9 Å². The summed E-state index contributed by atoms with van der Waals surface area (Å²) in [7, 11) is 0. The third-order valence-corrected chi connectivity index (χ3v) is 3.73. The minimum atomic E-state index is -0.944. The van der Waals surface area contributed by atoms with Crippen molar-refractivity contribution < 1.29 is 9.53 Å². The highest BCUT2D eigenvalue weighted by atomic mass is 35.5. The number of hydrogen-bond acceptors (Lipinski definition) is 3. The molecule has 0 fully saturated rings. The van der Waals surface area contributed by atoms with Gasteiger partial charge in [-0.2, -0.15) is 0 Å². The Kier molecular flexibility index (Phi) is 6.50. The van der Waals surface area contributed by atoms with E-state index in [1.165, 1.54) is 0 Å². The van der Waals surface area contributed by atoms with Gasteiger partial charge in [0.25, 0.3) is 5.91 Å². The number of benzene rings is 2. The van der Waals surface area contributed by atoms with Crippen LogP contribution in [-0.2, 0) is 4.79 Å². The van der Waals surface area contributed by atoms with Gasteiger partial charge in [0.05, 0.1) is 0 Å². The topological polar surface area (TPSA) is 50.4 Å². The van der Waals surface area contributed by atoms with Crippen LogP contribution >= 0.6 is 11.6 Å². The number of para-hydroxylation sites is 1. The number of halogens is 1. The molecular formula is C19H23ClN2O2. The molecule has 0 heterocycles. The van der Waals surface area contributed by atoms with Crippen LogP contribution in [-0.4, -0.2) is 24.6 Å². The summed E-state index contributed by atoms with van der Waals surface area (Å²) in [4.78, 5) is 12.3. The normalized spacial score (nSPS) is 11.0. The fourth-order valence-electron chi connectivity index (χ4n) is 2.14. The molecule has 0 aliphatic rings. The van der Waals surface area contributed by atoms with Crippen LogP contribution in [0.3, 0.4) is 0 Å². The zero-order chi connectivity index (χ0) is 17.4. The Balaban J connectivity index is 1.71. The zero-order valence-electron chi connectivity index (χ0n) is 14.0. The highest BCUT2D eigenvalue weighted by Gasteiger charge is 2.29. The molecule has 2 aromatic rings. The van der Waals surface area contributed by atoms with E-state index < -0.39 is 5.60 Å². The van der Waals surface area contributed by atoms with Gasteiger partial charge in [-0.3, -0.25) is 4.79 Å². The molecule has 0 saturated carbocycles. The van der Waals surface area contributed by atoms with Gasteiger partial charge in [0.15, 0.2) is 5.60 Å². The minimum Gasteiger partial charge on any atom is -0.478 e. The standard InChI is InChI=1S/C19H23ClN2O2/c1-19(2,24-17-11-9-15(20)10-12-17)18(23)22-14-6-13-21-16-7-4-3-5-8-16/h3-5,7-12,21H,6,13-14H2,1-2H3,(H,22,23). The van der Waals surface area contributed by atoms with E-state index in [0.29, 0.717) is 17.3 Å². The van der Waals surface area contributed by atoms with Gasteiger partial charge in [0, 0.05) is 23.8 Å². The summed E-state index contributed by atoms with van der Waals surface area (Å²) >= 11 is 5.85. The van der Waals surface area contributed by atoms with Crippen LogP contribution in [0.5, 0.6) is 5.75 Å². The second kappa shape index (κ2) is 8.60. The lowest BCUT2D eigenvalue weighted by atomic mass is 10.1. The maximum absolute atomic E-state index is 12.3. The van der Waals surface area contributed by atoms with Crippen LogP contribution in [0.1, 0.15) is 20.3 Å². The summed E-state index contributed by atoms with van der Waals surface area (Å²) in [5, 5.41) is 6.85. The Labute approximate surface area is 148 Å². The molecule has 0 bridgehead atoms. The van der Waals surface area contributed by atoms with Crippen LogP contribution in [0, 0.1) is 0 Å². The maximum Gasteiger partial charge on any atom is 0.263 e. The fourth-order valence-corrected chi connectivity index (χ4v) is 2.26. The monoisotopic (exact) mass is 346 g/mol. The van der Waals surface area contributed by atoms with Crippen molar-refractivity contribution in [3.05, 3.63) is 59.6 Å². The quantitative estimate of drug-likeness (QED) is 0.707. The van der Waals surface area contributed by atoms with Crippen LogP contribution in [0.4, 0.5) is 5.69 Å². The van der Waals surface area contributed by atoms with E-state index in [0.717, 1.165) is 18.7 Å². The van der Waals surface area contributed by atoms with Crippen LogP contribution in [0.15, 0.2) is 54.6 Å². The van der Waals surface area contributed by atoms with Crippen molar-refractivity contribution >= 4 is 23.2 Å². The van der Waals surface area contributed by atoms with Gasteiger partial charge in [0.2, 0.25) is 0 Å². The molecule has 24 heavy (non-hydrogen) atoms. The number of rotatable bonds is 8. The molecule has 2 rings (SSSR count). The first kappa shape index (κ1) is 18.1. The second-order valence-corrected chi connectivity index (χ2v) is 6.40. The molecule has 2 N–H and O–H groups in total. The predicted octanol–water partition coefficient (Wildman–Crippen LogP) is 4.12. The zero-order valence-corrected chi connectivity index (χ0v) is 14.8. The highest BCUT2D eigenvalue weighted by molar-refractivity contribution is 6.30. The molecule has 128 valence electrons. The molecule has 0 aliphatic heterocycles. The van der Waals surface area contributed by atoms with Crippen molar-refractivity contribution in [1.82, 2.24) is 5.32 Å². The summed E-state index contributed by atoms with van der Waals surface area (Å²) in [6, 6.07) is 17.0. The van der Waals surface area contributed by atoms with Crippen molar-refractivity contribution in [3.63, 3.8) is 0 Å². The third kappa shape index (κ3) is 5.78. The average molecular weight is 347 g/mol. The van der Waals surface area contributed by atoms with E-state index in [1.807, 2.05) is 30.3 Å². The molecule has 2 aromatic carbocycles. The van der Waals surface area contributed by atoms with Gasteiger partial charge in [-0.1, -0.05) is 29.8 Å². The molecule has 0 radical (unpaired) electrons. The molecule has 0 spiro atoms. The van der Waals surface area contributed by atoms with E-state index >= 15 is 0 Å². The summed E-state index contributed by atoms with van der Waals surface area (Å²) in [5.74, 6) is 0.474. The van der Waals surface area contributed by atoms with Crippen molar-refractivity contribution in [2.75, 3.05) is 18.4 Å². The highest BCUT2D eigenvalue weighted by Crippen LogP contribution is 2.21. The molecule has 4 nitrogen and oxygen atoms in total. The number of anilines is 1. The Morgan fingerprint density at radius 1 is 1.04 bits per heavy atom. The molecule has 0 aromatic heterocycles. The van der Waals surface area contributed by atoms with E-state index in [-0.39, 0.29) is 5.91 Å². The van der Waals surface area contributed by atoms with Gasteiger partial charge < -0.3 is 15.4 Å². The number of carbonyl (C=O) groups excluding carboxylic acids is 1. The molecule has 0 atom stereocenters. The number of amides is 1. The van der Waals surface area contributed by atoms with Crippen molar-refractivity contribution in [2.24, 2.45) is 0 Å². The van der Waals surface area contributed by atoms with Crippen LogP contribution < -0.4 is 15.4 Å². The largest absolute Gasteiger partial charge is 0.478 e. The van der Waals surface area contributed by atoms with Gasteiger partial charge in [-0.15, -0.1) is 0 Å². The molecule has 0 saturated heterocycles. The first-order valence-electron chi connectivity index (χ1n) is 7.99. The Morgan fingerprint density at radius 3 is 2.38 bits per heavy atom.